The van der Waals surface area contributed by atoms with Crippen LogP contribution >= 0.6 is 0 Å². The smallest absolute Gasteiger partial charge is 0.157 e. The van der Waals surface area contributed by atoms with Gasteiger partial charge in [-0.25, -0.2) is 0 Å². The van der Waals surface area contributed by atoms with E-state index in [1.807, 2.05) is 64.1 Å². The lowest BCUT2D eigenvalue weighted by Crippen LogP contribution is -2.30. The number of carbonyl (C=O) groups is 2. The fraction of sp³-hybridized carbons (Fsp3) is 0.417. The summed E-state index contributed by atoms with van der Waals surface area (Å²) in [6, 6.07) is 16.2. The molecule has 0 amide bonds. The van der Waals surface area contributed by atoms with Gasteiger partial charge in [0.2, 0.25) is 0 Å². The van der Waals surface area contributed by atoms with Crippen LogP contribution in [0.15, 0.2) is 48.5 Å². The maximum Gasteiger partial charge on any atom is 0.157 e. The minimum absolute atomic E-state index is 0.00704. The van der Waals surface area contributed by atoms with Gasteiger partial charge in [-0.05, 0) is 23.3 Å². The first kappa shape index (κ1) is 20.1. The summed E-state index contributed by atoms with van der Waals surface area (Å²) in [5, 5.41) is 6.53. The average molecular weight is 379 g/mol. The quantitative estimate of drug-likeness (QED) is 0.823. The first-order valence-electron chi connectivity index (χ1n) is 10.1. The molecule has 4 heteroatoms. The summed E-state index contributed by atoms with van der Waals surface area (Å²) in [6.45, 7) is 7.81. The number of ketones is 2. The molecule has 2 heterocycles. The Kier molecular flexibility index (Phi) is 6.18. The molecule has 2 aliphatic rings. The number of carbonyl (C=O) groups excluding carboxylic acids is 2. The Morgan fingerprint density at radius 3 is 1.39 bits per heavy atom. The number of rotatable bonds is 4. The Bertz CT molecular complexity index is 736. The van der Waals surface area contributed by atoms with Gasteiger partial charge in [-0.2, -0.15) is 0 Å². The van der Waals surface area contributed by atoms with E-state index in [2.05, 4.69) is 22.8 Å². The SMILES string of the molecule is CC(C)C(=O)[C@@H]1Cc2ccccc2N1.CC(C)C(=O)[C@@H]1Cc2ccccc2N1. The number of benzene rings is 2. The molecule has 0 aliphatic carbocycles. The number of hydrogen-bond acceptors (Lipinski definition) is 4. The van der Waals surface area contributed by atoms with Crippen LogP contribution in [0.2, 0.25) is 0 Å². The number of anilines is 2. The number of fused-ring (bicyclic) bond motifs is 2. The van der Waals surface area contributed by atoms with Crippen molar-refractivity contribution in [2.45, 2.75) is 52.6 Å². The van der Waals surface area contributed by atoms with Crippen molar-refractivity contribution >= 4 is 22.9 Å². The summed E-state index contributed by atoms with van der Waals surface area (Å²) in [4.78, 5) is 23.5. The fourth-order valence-electron chi connectivity index (χ4n) is 3.74. The standard InChI is InChI=1S/2C12H15NO/c2*1-8(2)12(14)11-7-9-5-3-4-6-10(9)13-11/h2*3-6,8,11,13H,7H2,1-2H3/t2*11-/m00/s1. The summed E-state index contributed by atoms with van der Waals surface area (Å²) in [5.74, 6) is 0.839. The molecule has 2 aromatic carbocycles. The van der Waals surface area contributed by atoms with Gasteiger partial charge in [-0.1, -0.05) is 64.1 Å². The highest BCUT2D eigenvalue weighted by atomic mass is 16.1. The minimum Gasteiger partial charge on any atom is -0.375 e. The van der Waals surface area contributed by atoms with Crippen LogP contribution in [-0.4, -0.2) is 23.7 Å². The summed E-state index contributed by atoms with van der Waals surface area (Å²) >= 11 is 0. The molecule has 2 atom stereocenters. The van der Waals surface area contributed by atoms with Gasteiger partial charge in [-0.15, -0.1) is 0 Å². The van der Waals surface area contributed by atoms with Crippen molar-refractivity contribution in [2.75, 3.05) is 10.6 Å². The van der Waals surface area contributed by atoms with Crippen LogP contribution in [0.4, 0.5) is 11.4 Å². The van der Waals surface area contributed by atoms with E-state index in [9.17, 15) is 9.59 Å². The molecule has 4 rings (SSSR count). The molecular weight excluding hydrogens is 348 g/mol. The topological polar surface area (TPSA) is 58.2 Å². The Labute approximate surface area is 167 Å². The highest BCUT2D eigenvalue weighted by molar-refractivity contribution is 5.91. The van der Waals surface area contributed by atoms with Gasteiger partial charge in [0.25, 0.3) is 0 Å². The van der Waals surface area contributed by atoms with Crippen LogP contribution in [-0.2, 0) is 22.4 Å². The van der Waals surface area contributed by atoms with Crippen LogP contribution in [0.1, 0.15) is 38.8 Å². The third-order valence-corrected chi connectivity index (χ3v) is 5.37. The molecule has 0 spiro atoms. The zero-order valence-electron chi connectivity index (χ0n) is 17.2. The van der Waals surface area contributed by atoms with Crippen molar-refractivity contribution < 1.29 is 9.59 Å². The van der Waals surface area contributed by atoms with Gasteiger partial charge in [0, 0.05) is 36.1 Å². The summed E-state index contributed by atoms with van der Waals surface area (Å²) in [7, 11) is 0. The van der Waals surface area contributed by atoms with Crippen molar-refractivity contribution in [3.8, 4) is 0 Å². The van der Waals surface area contributed by atoms with Crippen molar-refractivity contribution in [3.63, 3.8) is 0 Å². The second-order valence-corrected chi connectivity index (χ2v) is 8.23. The van der Waals surface area contributed by atoms with E-state index in [0.717, 1.165) is 24.2 Å². The summed E-state index contributed by atoms with van der Waals surface area (Å²) in [6.07, 6.45) is 1.68. The van der Waals surface area contributed by atoms with E-state index in [0.29, 0.717) is 11.6 Å². The molecule has 0 saturated carbocycles. The minimum atomic E-state index is -0.00704. The van der Waals surface area contributed by atoms with Crippen LogP contribution in [0, 0.1) is 11.8 Å². The van der Waals surface area contributed by atoms with E-state index in [4.69, 9.17) is 0 Å². The van der Waals surface area contributed by atoms with Gasteiger partial charge >= 0.3 is 0 Å². The molecule has 0 unspecified atom stereocenters. The Morgan fingerprint density at radius 2 is 1.07 bits per heavy atom. The van der Waals surface area contributed by atoms with Gasteiger partial charge in [0.1, 0.15) is 0 Å². The summed E-state index contributed by atoms with van der Waals surface area (Å²) < 4.78 is 0. The Balaban J connectivity index is 0.000000161. The molecule has 4 nitrogen and oxygen atoms in total. The Morgan fingerprint density at radius 1 is 0.714 bits per heavy atom. The Hall–Kier alpha value is -2.62. The van der Waals surface area contributed by atoms with E-state index >= 15 is 0 Å². The van der Waals surface area contributed by atoms with E-state index in [1.54, 1.807) is 0 Å². The molecule has 148 valence electrons. The van der Waals surface area contributed by atoms with Crippen molar-refractivity contribution in [2.24, 2.45) is 11.8 Å². The van der Waals surface area contributed by atoms with Crippen molar-refractivity contribution in [1.29, 1.82) is 0 Å². The largest absolute Gasteiger partial charge is 0.375 e. The van der Waals surface area contributed by atoms with Crippen molar-refractivity contribution in [3.05, 3.63) is 59.7 Å². The highest BCUT2D eigenvalue weighted by Crippen LogP contribution is 2.27. The lowest BCUT2D eigenvalue weighted by molar-refractivity contribution is -0.123. The maximum atomic E-state index is 11.8. The predicted octanol–water partition coefficient (Wildman–Crippen LogP) is 4.50. The average Bonchev–Trinajstić information content (AvgIpc) is 3.30. The maximum absolute atomic E-state index is 11.8. The predicted molar refractivity (Wildman–Crippen MR) is 115 cm³/mol. The van der Waals surface area contributed by atoms with Crippen molar-refractivity contribution in [1.82, 2.24) is 0 Å². The van der Waals surface area contributed by atoms with Gasteiger partial charge in [0.05, 0.1) is 12.1 Å². The molecule has 28 heavy (non-hydrogen) atoms. The first-order valence-corrected chi connectivity index (χ1v) is 10.1. The van der Waals surface area contributed by atoms with Crippen LogP contribution < -0.4 is 10.6 Å². The van der Waals surface area contributed by atoms with Gasteiger partial charge in [-0.3, -0.25) is 9.59 Å². The zero-order valence-corrected chi connectivity index (χ0v) is 17.2. The molecule has 0 bridgehead atoms. The number of para-hydroxylation sites is 2. The van der Waals surface area contributed by atoms with Crippen LogP contribution in [0.3, 0.4) is 0 Å². The lowest BCUT2D eigenvalue weighted by Gasteiger charge is -2.12. The van der Waals surface area contributed by atoms with Crippen LogP contribution in [0.5, 0.6) is 0 Å². The lowest BCUT2D eigenvalue weighted by atomic mass is 9.99. The highest BCUT2D eigenvalue weighted by Gasteiger charge is 2.28. The molecule has 0 fully saturated rings. The second kappa shape index (κ2) is 8.59. The monoisotopic (exact) mass is 378 g/mol. The summed E-state index contributed by atoms with van der Waals surface area (Å²) in [5.41, 5.74) is 4.75. The number of nitrogens with one attached hydrogen (secondary N) is 2. The third-order valence-electron chi connectivity index (χ3n) is 5.37. The van der Waals surface area contributed by atoms with Gasteiger partial charge in [0.15, 0.2) is 11.6 Å². The molecule has 2 N–H and O–H groups in total. The molecule has 0 saturated heterocycles. The first-order chi connectivity index (χ1) is 13.4. The number of hydrogen-bond donors (Lipinski definition) is 2. The molecule has 2 aliphatic heterocycles. The third kappa shape index (κ3) is 4.44. The molecule has 0 radical (unpaired) electrons. The van der Waals surface area contributed by atoms with Crippen LogP contribution in [0.25, 0.3) is 0 Å². The molecule has 2 aromatic rings. The fourth-order valence-corrected chi connectivity index (χ4v) is 3.74. The van der Waals surface area contributed by atoms with E-state index in [-0.39, 0.29) is 23.9 Å². The molecular formula is C24H30N2O2. The van der Waals surface area contributed by atoms with Gasteiger partial charge < -0.3 is 10.6 Å². The normalized spacial score (nSPS) is 19.2. The zero-order chi connectivity index (χ0) is 20.3. The second-order valence-electron chi connectivity index (χ2n) is 8.23. The van der Waals surface area contributed by atoms with E-state index in [1.165, 1.54) is 11.1 Å². The van der Waals surface area contributed by atoms with E-state index < -0.39 is 0 Å². The molecule has 0 aromatic heterocycles. The number of Topliss-reactive ketones (excluding diaryl/α,β-unsaturated/α-hetero) is 2.